The summed E-state index contributed by atoms with van der Waals surface area (Å²) in [6.07, 6.45) is 6.97. The van der Waals surface area contributed by atoms with E-state index in [1.54, 1.807) is 6.08 Å². The van der Waals surface area contributed by atoms with Crippen LogP contribution < -0.4 is 0 Å². The minimum Gasteiger partial charge on any atom is -0.475 e. The second-order valence-electron chi connectivity index (χ2n) is 5.05. The van der Waals surface area contributed by atoms with Gasteiger partial charge in [0.1, 0.15) is 0 Å². The number of rotatable bonds is 1. The molecular formula is C15H15ClO2. The lowest BCUT2D eigenvalue weighted by Crippen LogP contribution is -2.53. The summed E-state index contributed by atoms with van der Waals surface area (Å²) in [4.78, 5) is 12.2. The fraction of sp³-hybridized carbons (Fsp3) is 0.400. The maximum atomic E-state index is 12.2. The molecule has 2 aliphatic rings. The van der Waals surface area contributed by atoms with Gasteiger partial charge in [-0.15, -0.1) is 0 Å². The second kappa shape index (κ2) is 4.43. The summed E-state index contributed by atoms with van der Waals surface area (Å²) >= 11 is 5.82. The molecule has 94 valence electrons. The summed E-state index contributed by atoms with van der Waals surface area (Å²) in [5.41, 5.74) is 0.477. The molecule has 1 aliphatic heterocycles. The predicted octanol–water partition coefficient (Wildman–Crippen LogP) is 3.98. The largest absolute Gasteiger partial charge is 0.475 e. The van der Waals surface area contributed by atoms with E-state index in [1.807, 2.05) is 24.3 Å². The van der Waals surface area contributed by atoms with E-state index in [-0.39, 0.29) is 5.78 Å². The molecule has 0 atom stereocenters. The monoisotopic (exact) mass is 262 g/mol. The van der Waals surface area contributed by atoms with Crippen LogP contribution in [0.3, 0.4) is 0 Å². The highest BCUT2D eigenvalue weighted by atomic mass is 35.5. The van der Waals surface area contributed by atoms with E-state index in [4.69, 9.17) is 16.3 Å². The quantitative estimate of drug-likeness (QED) is 0.716. The van der Waals surface area contributed by atoms with Gasteiger partial charge < -0.3 is 4.74 Å². The molecule has 0 radical (unpaired) electrons. The normalized spacial score (nSPS) is 23.8. The number of ether oxygens (including phenoxy) is 1. The zero-order chi connectivity index (χ0) is 12.6. The molecule has 2 fully saturated rings. The smallest absolute Gasteiger partial charge is 0.240 e. The summed E-state index contributed by atoms with van der Waals surface area (Å²) in [7, 11) is 0. The summed E-state index contributed by atoms with van der Waals surface area (Å²) in [5, 5.41) is 0.696. The van der Waals surface area contributed by atoms with Crippen molar-refractivity contribution in [2.24, 2.45) is 0 Å². The Balaban J connectivity index is 1.76. The van der Waals surface area contributed by atoms with Crippen LogP contribution in [-0.4, -0.2) is 11.4 Å². The highest BCUT2D eigenvalue weighted by molar-refractivity contribution is 6.30. The van der Waals surface area contributed by atoms with Crippen molar-refractivity contribution in [1.82, 2.24) is 0 Å². The number of carbonyl (C=O) groups excluding carboxylic acids is 1. The number of Topliss-reactive ketones (excluding diaryl/α,β-unsaturated/α-hetero) is 1. The Morgan fingerprint density at radius 3 is 2.39 bits per heavy atom. The molecule has 1 aliphatic carbocycles. The van der Waals surface area contributed by atoms with E-state index >= 15 is 0 Å². The van der Waals surface area contributed by atoms with Crippen molar-refractivity contribution in [2.75, 3.05) is 0 Å². The number of benzene rings is 1. The summed E-state index contributed by atoms with van der Waals surface area (Å²) in [6.45, 7) is 0. The molecule has 1 saturated heterocycles. The topological polar surface area (TPSA) is 26.3 Å². The average molecular weight is 263 g/mol. The van der Waals surface area contributed by atoms with Gasteiger partial charge in [-0.25, -0.2) is 0 Å². The molecule has 3 rings (SSSR count). The van der Waals surface area contributed by atoms with Crippen molar-refractivity contribution in [2.45, 2.75) is 37.7 Å². The van der Waals surface area contributed by atoms with Crippen LogP contribution >= 0.6 is 11.6 Å². The Hall–Kier alpha value is -1.28. The number of hydrogen-bond acceptors (Lipinski definition) is 2. The molecule has 1 heterocycles. The summed E-state index contributed by atoms with van der Waals surface area (Å²) < 4.78 is 5.79. The van der Waals surface area contributed by atoms with Crippen LogP contribution in [0.25, 0.3) is 6.08 Å². The molecule has 0 aromatic heterocycles. The third-order valence-electron chi connectivity index (χ3n) is 3.77. The second-order valence-corrected chi connectivity index (χ2v) is 5.48. The number of halogens is 1. The van der Waals surface area contributed by atoms with Crippen molar-refractivity contribution in [3.63, 3.8) is 0 Å². The van der Waals surface area contributed by atoms with Crippen molar-refractivity contribution in [1.29, 1.82) is 0 Å². The van der Waals surface area contributed by atoms with Gasteiger partial charge in [0.15, 0.2) is 11.4 Å². The molecule has 3 heteroatoms. The standard InChI is InChI=1S/C15H15ClO2/c16-12-6-4-11(5-7-12)10-13-14(17)15(18-13)8-2-1-3-9-15/h4-7,10H,1-3,8-9H2/b13-10+. The number of hydrogen-bond donors (Lipinski definition) is 0. The van der Waals surface area contributed by atoms with Crippen molar-refractivity contribution < 1.29 is 9.53 Å². The fourth-order valence-electron chi connectivity index (χ4n) is 2.74. The number of carbonyl (C=O) groups is 1. The average Bonchev–Trinajstić information content (AvgIpc) is 2.41. The van der Waals surface area contributed by atoms with Crippen LogP contribution in [0.4, 0.5) is 0 Å². The van der Waals surface area contributed by atoms with Gasteiger partial charge in [-0.05, 0) is 49.5 Å². The molecule has 0 unspecified atom stereocenters. The van der Waals surface area contributed by atoms with Gasteiger partial charge in [0.25, 0.3) is 0 Å². The molecule has 0 N–H and O–H groups in total. The van der Waals surface area contributed by atoms with Crippen LogP contribution in [0.1, 0.15) is 37.7 Å². The lowest BCUT2D eigenvalue weighted by atomic mass is 9.77. The van der Waals surface area contributed by atoms with Crippen molar-refractivity contribution in [3.8, 4) is 0 Å². The Morgan fingerprint density at radius 2 is 1.78 bits per heavy atom. The van der Waals surface area contributed by atoms with Crippen LogP contribution in [0.5, 0.6) is 0 Å². The molecule has 0 amide bonds. The Kier molecular flexibility index (Phi) is 2.90. The maximum absolute atomic E-state index is 12.2. The van der Waals surface area contributed by atoms with Gasteiger partial charge in [-0.3, -0.25) is 4.79 Å². The molecule has 0 bridgehead atoms. The summed E-state index contributed by atoms with van der Waals surface area (Å²) in [6, 6.07) is 7.40. The summed E-state index contributed by atoms with van der Waals surface area (Å²) in [5.74, 6) is 0.677. The molecule has 2 nitrogen and oxygen atoms in total. The van der Waals surface area contributed by atoms with Gasteiger partial charge in [-0.2, -0.15) is 0 Å². The van der Waals surface area contributed by atoms with Gasteiger partial charge >= 0.3 is 0 Å². The lowest BCUT2D eigenvalue weighted by molar-refractivity contribution is -0.165. The van der Waals surface area contributed by atoms with Crippen LogP contribution in [-0.2, 0) is 9.53 Å². The Labute approximate surface area is 112 Å². The lowest BCUT2D eigenvalue weighted by Gasteiger charge is -2.44. The van der Waals surface area contributed by atoms with Gasteiger partial charge in [-0.1, -0.05) is 30.2 Å². The first-order valence-corrected chi connectivity index (χ1v) is 6.79. The molecule has 1 aromatic rings. The van der Waals surface area contributed by atoms with Crippen LogP contribution in [0.2, 0.25) is 5.02 Å². The van der Waals surface area contributed by atoms with Crippen LogP contribution in [0, 0.1) is 0 Å². The fourth-order valence-corrected chi connectivity index (χ4v) is 2.86. The van der Waals surface area contributed by atoms with Gasteiger partial charge in [0, 0.05) is 5.02 Å². The Bertz CT molecular complexity index is 496. The minimum absolute atomic E-state index is 0.178. The van der Waals surface area contributed by atoms with E-state index in [9.17, 15) is 4.79 Å². The van der Waals surface area contributed by atoms with Crippen molar-refractivity contribution in [3.05, 3.63) is 40.6 Å². The predicted molar refractivity (Wildman–Crippen MR) is 71.3 cm³/mol. The third kappa shape index (κ3) is 1.95. The zero-order valence-corrected chi connectivity index (χ0v) is 10.9. The number of ketones is 1. The highest BCUT2D eigenvalue weighted by Gasteiger charge is 2.52. The van der Waals surface area contributed by atoms with E-state index in [0.717, 1.165) is 31.2 Å². The molecule has 1 spiro atoms. The maximum Gasteiger partial charge on any atom is 0.240 e. The van der Waals surface area contributed by atoms with Gasteiger partial charge in [0.05, 0.1) is 0 Å². The first-order chi connectivity index (χ1) is 8.70. The van der Waals surface area contributed by atoms with E-state index in [1.165, 1.54) is 6.42 Å². The first-order valence-electron chi connectivity index (χ1n) is 6.41. The van der Waals surface area contributed by atoms with E-state index in [0.29, 0.717) is 10.8 Å². The minimum atomic E-state index is -0.476. The SMILES string of the molecule is O=C1/C(=C\c2ccc(Cl)cc2)OC12CCCCC2. The first kappa shape index (κ1) is 11.8. The molecule has 18 heavy (non-hydrogen) atoms. The zero-order valence-electron chi connectivity index (χ0n) is 10.1. The van der Waals surface area contributed by atoms with Crippen LogP contribution in [0.15, 0.2) is 30.0 Å². The van der Waals surface area contributed by atoms with E-state index in [2.05, 4.69) is 0 Å². The van der Waals surface area contributed by atoms with Crippen molar-refractivity contribution >= 4 is 23.5 Å². The molecular weight excluding hydrogens is 248 g/mol. The van der Waals surface area contributed by atoms with Gasteiger partial charge in [0.2, 0.25) is 5.78 Å². The molecule has 1 saturated carbocycles. The highest BCUT2D eigenvalue weighted by Crippen LogP contribution is 2.43. The Morgan fingerprint density at radius 1 is 1.11 bits per heavy atom. The van der Waals surface area contributed by atoms with E-state index < -0.39 is 5.60 Å². The third-order valence-corrected chi connectivity index (χ3v) is 4.02. The molecule has 1 aromatic carbocycles.